The van der Waals surface area contributed by atoms with Crippen molar-refractivity contribution < 1.29 is 13.2 Å². The van der Waals surface area contributed by atoms with E-state index in [4.69, 9.17) is 9.72 Å². The van der Waals surface area contributed by atoms with Gasteiger partial charge in [0.15, 0.2) is 15.7 Å². The predicted octanol–water partition coefficient (Wildman–Crippen LogP) is 5.12. The van der Waals surface area contributed by atoms with Crippen LogP contribution in [0.2, 0.25) is 0 Å². The molecule has 2 aromatic carbocycles. The summed E-state index contributed by atoms with van der Waals surface area (Å²) in [4.78, 5) is 14.3. The van der Waals surface area contributed by atoms with Gasteiger partial charge in [0.05, 0.1) is 38.8 Å². The lowest BCUT2D eigenvalue weighted by Crippen LogP contribution is -2.44. The van der Waals surface area contributed by atoms with Crippen LogP contribution in [0, 0.1) is 0 Å². The number of fused-ring (bicyclic) bond motifs is 1. The van der Waals surface area contributed by atoms with Gasteiger partial charge in [0.25, 0.3) is 0 Å². The standard InChI is InChI=1S/C27H32N6O3S2/c1-18(2)38(34,35)24-8-6-5-7-21(24)28-26-25-22(11-16-37-25)30-27(31-26)29-20-10-9-19(17-23(20)36-4)33-14-12-32(3)13-15-33/h5-11,16-18H,12-15H2,1-4H3,(H2,28,29,30,31). The van der Waals surface area contributed by atoms with Gasteiger partial charge in [0, 0.05) is 37.9 Å². The minimum absolute atomic E-state index is 0.244. The highest BCUT2D eigenvalue weighted by molar-refractivity contribution is 7.92. The highest BCUT2D eigenvalue weighted by Crippen LogP contribution is 2.35. The fraction of sp³-hybridized carbons (Fsp3) is 0.333. The average Bonchev–Trinajstić information content (AvgIpc) is 3.39. The molecule has 0 atom stereocenters. The van der Waals surface area contributed by atoms with Crippen molar-refractivity contribution in [2.24, 2.45) is 0 Å². The minimum Gasteiger partial charge on any atom is -0.494 e. The molecule has 0 spiro atoms. The van der Waals surface area contributed by atoms with Gasteiger partial charge in [-0.25, -0.2) is 13.4 Å². The Bertz CT molecular complexity index is 1550. The third-order valence-corrected chi connectivity index (χ3v) is 9.79. The largest absolute Gasteiger partial charge is 0.494 e. The Morgan fingerprint density at radius 2 is 1.74 bits per heavy atom. The Balaban J connectivity index is 1.46. The van der Waals surface area contributed by atoms with Crippen molar-refractivity contribution in [3.63, 3.8) is 0 Å². The number of nitrogens with one attached hydrogen (secondary N) is 2. The van der Waals surface area contributed by atoms with Crippen LogP contribution >= 0.6 is 11.3 Å². The third kappa shape index (κ3) is 5.27. The van der Waals surface area contributed by atoms with E-state index in [1.165, 1.54) is 11.3 Å². The summed E-state index contributed by atoms with van der Waals surface area (Å²) in [5, 5.41) is 7.97. The number of sulfone groups is 1. The number of hydrogen-bond donors (Lipinski definition) is 2. The summed E-state index contributed by atoms with van der Waals surface area (Å²) in [6.45, 7) is 7.33. The lowest BCUT2D eigenvalue weighted by atomic mass is 10.2. The molecule has 3 heterocycles. The maximum atomic E-state index is 13.0. The van der Waals surface area contributed by atoms with Crippen LogP contribution in [0.25, 0.3) is 10.2 Å². The summed E-state index contributed by atoms with van der Waals surface area (Å²) in [6, 6.07) is 14.9. The topological polar surface area (TPSA) is 99.7 Å². The summed E-state index contributed by atoms with van der Waals surface area (Å²) in [6.07, 6.45) is 0. The molecule has 1 aliphatic heterocycles. The Hall–Kier alpha value is -3.41. The van der Waals surface area contributed by atoms with Gasteiger partial charge in [-0.3, -0.25) is 0 Å². The molecule has 2 aromatic heterocycles. The van der Waals surface area contributed by atoms with E-state index in [-0.39, 0.29) is 4.90 Å². The molecule has 0 radical (unpaired) electrons. The number of para-hydroxylation sites is 1. The summed E-state index contributed by atoms with van der Waals surface area (Å²) >= 11 is 1.50. The zero-order valence-corrected chi connectivity index (χ0v) is 23.6. The number of rotatable bonds is 8. The number of likely N-dealkylation sites (N-methyl/N-ethyl adjacent to an activating group) is 1. The number of hydrogen-bond acceptors (Lipinski definition) is 10. The molecule has 11 heteroatoms. The van der Waals surface area contributed by atoms with E-state index in [9.17, 15) is 8.42 Å². The molecular formula is C27H32N6O3S2. The highest BCUT2D eigenvalue weighted by atomic mass is 32.2. The molecule has 2 N–H and O–H groups in total. The van der Waals surface area contributed by atoms with Crippen LogP contribution in [0.1, 0.15) is 13.8 Å². The lowest BCUT2D eigenvalue weighted by Gasteiger charge is -2.34. The molecular weight excluding hydrogens is 520 g/mol. The monoisotopic (exact) mass is 552 g/mol. The average molecular weight is 553 g/mol. The van der Waals surface area contributed by atoms with Gasteiger partial charge in [-0.05, 0) is 56.6 Å². The van der Waals surface area contributed by atoms with E-state index >= 15 is 0 Å². The molecule has 4 aromatic rings. The molecule has 1 saturated heterocycles. The van der Waals surface area contributed by atoms with Crippen molar-refractivity contribution in [1.82, 2.24) is 14.9 Å². The zero-order valence-electron chi connectivity index (χ0n) is 21.9. The van der Waals surface area contributed by atoms with Crippen molar-refractivity contribution >= 4 is 60.2 Å². The molecule has 9 nitrogen and oxygen atoms in total. The Labute approximate surface area is 227 Å². The number of benzene rings is 2. The van der Waals surface area contributed by atoms with Crippen molar-refractivity contribution in [3.05, 3.63) is 53.9 Å². The SMILES string of the molecule is COc1cc(N2CCN(C)CC2)ccc1Nc1nc(Nc2ccccc2S(=O)(=O)C(C)C)c2sccc2n1. The third-order valence-electron chi connectivity index (χ3n) is 6.67. The van der Waals surface area contributed by atoms with Crippen LogP contribution in [0.5, 0.6) is 5.75 Å². The molecule has 0 unspecified atom stereocenters. The number of nitrogens with zero attached hydrogens (tertiary/aromatic N) is 4. The second kappa shape index (κ2) is 10.8. The van der Waals surface area contributed by atoms with E-state index in [2.05, 4.69) is 38.5 Å². The van der Waals surface area contributed by atoms with E-state index in [0.29, 0.717) is 23.2 Å². The molecule has 1 fully saturated rings. The van der Waals surface area contributed by atoms with Crippen molar-refractivity contribution in [2.75, 3.05) is 55.9 Å². The molecule has 0 aliphatic carbocycles. The summed E-state index contributed by atoms with van der Waals surface area (Å²) < 4.78 is 32.5. The molecule has 0 bridgehead atoms. The predicted molar refractivity (Wildman–Crippen MR) is 155 cm³/mol. The van der Waals surface area contributed by atoms with Crippen molar-refractivity contribution in [3.8, 4) is 5.75 Å². The second-order valence-corrected chi connectivity index (χ2v) is 12.9. The highest BCUT2D eigenvalue weighted by Gasteiger charge is 2.23. The number of methoxy groups -OCH3 is 1. The van der Waals surface area contributed by atoms with Gasteiger partial charge in [-0.2, -0.15) is 4.98 Å². The van der Waals surface area contributed by atoms with E-state index in [1.54, 1.807) is 45.2 Å². The van der Waals surface area contributed by atoms with Crippen LogP contribution in [-0.2, 0) is 9.84 Å². The number of ether oxygens (including phenoxy) is 1. The molecule has 0 saturated carbocycles. The van der Waals surface area contributed by atoms with Gasteiger partial charge in [0.2, 0.25) is 5.95 Å². The first-order valence-corrected chi connectivity index (χ1v) is 14.9. The number of piperazine rings is 1. The van der Waals surface area contributed by atoms with E-state index in [0.717, 1.165) is 47.8 Å². The number of thiophene rings is 1. The molecule has 0 amide bonds. The molecule has 1 aliphatic rings. The number of aromatic nitrogens is 2. The Morgan fingerprint density at radius 3 is 2.47 bits per heavy atom. The lowest BCUT2D eigenvalue weighted by molar-refractivity contribution is 0.312. The van der Waals surface area contributed by atoms with Crippen LogP contribution in [0.3, 0.4) is 0 Å². The first kappa shape index (κ1) is 26.2. The number of anilines is 5. The van der Waals surface area contributed by atoms with Gasteiger partial charge in [-0.15, -0.1) is 11.3 Å². The molecule has 38 heavy (non-hydrogen) atoms. The summed E-state index contributed by atoms with van der Waals surface area (Å²) in [7, 11) is 0.295. The van der Waals surface area contributed by atoms with Crippen LogP contribution in [0.4, 0.5) is 28.8 Å². The van der Waals surface area contributed by atoms with Crippen LogP contribution in [-0.4, -0.2) is 68.9 Å². The Morgan fingerprint density at radius 1 is 0.974 bits per heavy atom. The Kier molecular flexibility index (Phi) is 7.42. The fourth-order valence-corrected chi connectivity index (χ4v) is 6.35. The summed E-state index contributed by atoms with van der Waals surface area (Å²) in [5.41, 5.74) is 3.09. The van der Waals surface area contributed by atoms with Crippen LogP contribution < -0.4 is 20.3 Å². The first-order valence-electron chi connectivity index (χ1n) is 12.5. The molecule has 200 valence electrons. The van der Waals surface area contributed by atoms with Crippen molar-refractivity contribution in [1.29, 1.82) is 0 Å². The van der Waals surface area contributed by atoms with Crippen LogP contribution in [0.15, 0.2) is 58.8 Å². The van der Waals surface area contributed by atoms with E-state index in [1.807, 2.05) is 23.6 Å². The van der Waals surface area contributed by atoms with Gasteiger partial charge in [-0.1, -0.05) is 12.1 Å². The quantitative estimate of drug-likeness (QED) is 0.308. The summed E-state index contributed by atoms with van der Waals surface area (Å²) in [5.74, 6) is 1.61. The minimum atomic E-state index is -3.49. The van der Waals surface area contributed by atoms with Gasteiger partial charge in [0.1, 0.15) is 5.75 Å². The molecule has 5 rings (SSSR count). The zero-order chi connectivity index (χ0) is 26.9. The smallest absolute Gasteiger partial charge is 0.229 e. The van der Waals surface area contributed by atoms with Gasteiger partial charge < -0.3 is 25.2 Å². The second-order valence-electron chi connectivity index (χ2n) is 9.55. The first-order chi connectivity index (χ1) is 18.3. The maximum absolute atomic E-state index is 13.0. The van der Waals surface area contributed by atoms with Crippen molar-refractivity contribution in [2.45, 2.75) is 24.0 Å². The maximum Gasteiger partial charge on any atom is 0.229 e. The van der Waals surface area contributed by atoms with Gasteiger partial charge >= 0.3 is 0 Å². The van der Waals surface area contributed by atoms with E-state index < -0.39 is 15.1 Å². The fourth-order valence-electron chi connectivity index (χ4n) is 4.37. The normalized spacial score (nSPS) is 14.7.